The zero-order chi connectivity index (χ0) is 28.7. The Kier molecular flexibility index (Phi) is 7.13. The fourth-order valence-electron chi connectivity index (χ4n) is 4.82. The van der Waals surface area contributed by atoms with E-state index in [-0.39, 0.29) is 40.9 Å². The van der Waals surface area contributed by atoms with Crippen LogP contribution in [0.4, 0.5) is 40.8 Å². The van der Waals surface area contributed by atoms with Crippen LogP contribution in [0.3, 0.4) is 0 Å². The number of pyridine rings is 1. The number of amides is 1. The van der Waals surface area contributed by atoms with Crippen LogP contribution < -0.4 is 21.3 Å². The number of aliphatic hydroxyl groups is 1. The largest absolute Gasteiger partial charge is 0.405 e. The summed E-state index contributed by atoms with van der Waals surface area (Å²) in [4.78, 5) is 25.4. The van der Waals surface area contributed by atoms with Gasteiger partial charge in [-0.25, -0.2) is 14.4 Å². The van der Waals surface area contributed by atoms with Crippen LogP contribution in [0.5, 0.6) is 0 Å². The smallest absolute Gasteiger partial charge is 0.395 e. The topological polar surface area (TPSA) is 124 Å². The van der Waals surface area contributed by atoms with Gasteiger partial charge in [0, 0.05) is 35.8 Å². The normalized spacial score (nSPS) is 17.1. The molecule has 1 aromatic carbocycles. The van der Waals surface area contributed by atoms with Gasteiger partial charge in [0.25, 0.3) is 5.91 Å². The van der Waals surface area contributed by atoms with Crippen molar-refractivity contribution in [3.8, 4) is 0 Å². The Hall–Kier alpha value is -3.84. The number of carbonyl (C=O) groups is 1. The molecule has 1 aliphatic carbocycles. The van der Waals surface area contributed by atoms with Gasteiger partial charge in [-0.15, -0.1) is 0 Å². The van der Waals surface area contributed by atoms with E-state index in [2.05, 4.69) is 44.7 Å². The highest BCUT2D eigenvalue weighted by Gasteiger charge is 2.47. The molecular weight excluding hydrogens is 530 g/mol. The average Bonchev–Trinajstić information content (AvgIpc) is 3.69. The second kappa shape index (κ2) is 10.3. The van der Waals surface area contributed by atoms with Gasteiger partial charge in [0.1, 0.15) is 29.6 Å². The van der Waals surface area contributed by atoms with Gasteiger partial charge in [-0.05, 0) is 48.2 Å². The van der Waals surface area contributed by atoms with Crippen LogP contribution >= 0.6 is 0 Å². The van der Waals surface area contributed by atoms with Crippen LogP contribution in [0.1, 0.15) is 53.9 Å². The number of aliphatic hydroxyl groups excluding tert-OH is 1. The van der Waals surface area contributed by atoms with Crippen molar-refractivity contribution in [2.45, 2.75) is 50.2 Å². The van der Waals surface area contributed by atoms with Gasteiger partial charge in [0.05, 0.1) is 12.3 Å². The van der Waals surface area contributed by atoms with E-state index < -0.39 is 29.9 Å². The number of benzene rings is 1. The first-order valence-electron chi connectivity index (χ1n) is 12.8. The number of anilines is 4. The maximum Gasteiger partial charge on any atom is 0.405 e. The third-order valence-electron chi connectivity index (χ3n) is 7.21. The first kappa shape index (κ1) is 27.7. The number of fused-ring (bicyclic) bond motifs is 1. The van der Waals surface area contributed by atoms with E-state index in [1.807, 2.05) is 23.5 Å². The molecule has 2 aliphatic rings. The summed E-state index contributed by atoms with van der Waals surface area (Å²) in [6, 6.07) is 8.35. The molecule has 0 bridgehead atoms. The van der Waals surface area contributed by atoms with Crippen LogP contribution in [0.15, 0.2) is 36.5 Å². The van der Waals surface area contributed by atoms with Crippen molar-refractivity contribution >= 4 is 29.2 Å². The number of hydrogen-bond donors (Lipinski definition) is 5. The second-order valence-corrected chi connectivity index (χ2v) is 10.8. The molecule has 5 N–H and O–H groups in total. The van der Waals surface area contributed by atoms with Gasteiger partial charge >= 0.3 is 6.18 Å². The first-order chi connectivity index (χ1) is 18.9. The Morgan fingerprint density at radius 3 is 2.60 bits per heavy atom. The number of alkyl halides is 3. The van der Waals surface area contributed by atoms with Crippen molar-refractivity contribution in [3.63, 3.8) is 0 Å². The standard InChI is InChI=1S/C27H29F4N7O2/c1-25(2)12-32-10-15-9-16(3-4-18(15)25)35-24-33-11-17(23(40)34-13-27(29,30)31)22(38-24)37-20-6-5-19(28)21(36-20)26(14-39)7-8-26/h3-6,9,11,32,39H,7-8,10,12-14H2,1-2H3,(H,34,40)(H2,33,35,36,37,38). The summed E-state index contributed by atoms with van der Waals surface area (Å²) < 4.78 is 52.7. The highest BCUT2D eigenvalue weighted by molar-refractivity contribution is 5.99. The highest BCUT2D eigenvalue weighted by Crippen LogP contribution is 2.48. The van der Waals surface area contributed by atoms with Crippen LogP contribution in [0.25, 0.3) is 0 Å². The average molecular weight is 560 g/mol. The number of hydrogen-bond acceptors (Lipinski definition) is 8. The van der Waals surface area contributed by atoms with E-state index in [0.717, 1.165) is 18.3 Å². The minimum atomic E-state index is -4.61. The lowest BCUT2D eigenvalue weighted by atomic mass is 9.79. The highest BCUT2D eigenvalue weighted by atomic mass is 19.4. The maximum absolute atomic E-state index is 14.5. The number of carbonyl (C=O) groups excluding carboxylic acids is 1. The van der Waals surface area contributed by atoms with Crippen LogP contribution in [-0.4, -0.2) is 51.8 Å². The molecule has 1 aliphatic heterocycles. The van der Waals surface area contributed by atoms with Gasteiger partial charge < -0.3 is 26.4 Å². The molecular formula is C27H29F4N7O2. The molecule has 9 nitrogen and oxygen atoms in total. The first-order valence-corrected chi connectivity index (χ1v) is 12.8. The van der Waals surface area contributed by atoms with Gasteiger partial charge in [0.2, 0.25) is 5.95 Å². The number of nitrogens with one attached hydrogen (secondary N) is 4. The van der Waals surface area contributed by atoms with Crippen molar-refractivity contribution in [1.82, 2.24) is 25.6 Å². The molecule has 212 valence electrons. The molecule has 40 heavy (non-hydrogen) atoms. The SMILES string of the molecule is CC1(C)CNCc2cc(Nc3ncc(C(=O)NCC(F)(F)F)c(Nc4ccc(F)c(C5(CO)CC5)n4)n3)ccc21. The Bertz CT molecular complexity index is 1440. The second-order valence-electron chi connectivity index (χ2n) is 10.8. The fraction of sp³-hybridized carbons (Fsp3) is 0.407. The van der Waals surface area contributed by atoms with Crippen LogP contribution in [0.2, 0.25) is 0 Å². The molecule has 1 fully saturated rings. The van der Waals surface area contributed by atoms with Gasteiger partial charge in [-0.2, -0.15) is 18.2 Å². The number of rotatable bonds is 8. The Morgan fingerprint density at radius 1 is 1.12 bits per heavy atom. The molecule has 2 aromatic heterocycles. The molecule has 1 amide bonds. The summed E-state index contributed by atoms with van der Waals surface area (Å²) in [6.45, 7) is 4.02. The lowest BCUT2D eigenvalue weighted by Gasteiger charge is -2.33. The zero-order valence-electron chi connectivity index (χ0n) is 21.9. The van der Waals surface area contributed by atoms with E-state index in [9.17, 15) is 27.5 Å². The number of nitrogens with zero attached hydrogens (tertiary/aromatic N) is 3. The predicted octanol–water partition coefficient (Wildman–Crippen LogP) is 4.19. The van der Waals surface area contributed by atoms with Crippen molar-refractivity contribution in [1.29, 1.82) is 0 Å². The van der Waals surface area contributed by atoms with Crippen molar-refractivity contribution < 1.29 is 27.5 Å². The van der Waals surface area contributed by atoms with Crippen molar-refractivity contribution in [3.05, 3.63) is 64.7 Å². The monoisotopic (exact) mass is 559 g/mol. The van der Waals surface area contributed by atoms with E-state index in [0.29, 0.717) is 25.1 Å². The minimum absolute atomic E-state index is 0.0405. The third-order valence-corrected chi connectivity index (χ3v) is 7.21. The molecule has 5 rings (SSSR count). The summed E-state index contributed by atoms with van der Waals surface area (Å²) in [6.07, 6.45) is -2.38. The number of aromatic nitrogens is 3. The lowest BCUT2D eigenvalue weighted by molar-refractivity contribution is -0.123. The van der Waals surface area contributed by atoms with Gasteiger partial charge in [-0.3, -0.25) is 4.79 Å². The fourth-order valence-corrected chi connectivity index (χ4v) is 4.82. The molecule has 0 unspecified atom stereocenters. The summed E-state index contributed by atoms with van der Waals surface area (Å²) >= 11 is 0. The summed E-state index contributed by atoms with van der Waals surface area (Å²) in [5.41, 5.74) is 1.99. The summed E-state index contributed by atoms with van der Waals surface area (Å²) in [5, 5.41) is 20.8. The predicted molar refractivity (Wildman–Crippen MR) is 140 cm³/mol. The number of halogens is 4. The maximum atomic E-state index is 14.5. The molecule has 0 saturated heterocycles. The van der Waals surface area contributed by atoms with Crippen LogP contribution in [0, 0.1) is 5.82 Å². The quantitative estimate of drug-likeness (QED) is 0.260. The minimum Gasteiger partial charge on any atom is -0.395 e. The Balaban J connectivity index is 1.46. The Morgan fingerprint density at radius 2 is 1.90 bits per heavy atom. The Labute approximate surface area is 227 Å². The van der Waals surface area contributed by atoms with Gasteiger partial charge in [-0.1, -0.05) is 19.9 Å². The van der Waals surface area contributed by atoms with E-state index >= 15 is 0 Å². The van der Waals surface area contributed by atoms with Gasteiger partial charge in [0.15, 0.2) is 0 Å². The van der Waals surface area contributed by atoms with E-state index in [1.165, 1.54) is 17.7 Å². The molecule has 3 aromatic rings. The lowest BCUT2D eigenvalue weighted by Crippen LogP contribution is -2.38. The third kappa shape index (κ3) is 5.85. The summed E-state index contributed by atoms with van der Waals surface area (Å²) in [7, 11) is 0. The van der Waals surface area contributed by atoms with E-state index in [4.69, 9.17) is 0 Å². The molecule has 3 heterocycles. The van der Waals surface area contributed by atoms with E-state index in [1.54, 1.807) is 0 Å². The molecule has 0 spiro atoms. The zero-order valence-corrected chi connectivity index (χ0v) is 21.9. The van der Waals surface area contributed by atoms with Crippen LogP contribution in [-0.2, 0) is 17.4 Å². The molecule has 0 atom stereocenters. The molecule has 1 saturated carbocycles. The summed E-state index contributed by atoms with van der Waals surface area (Å²) in [5.74, 6) is -1.58. The van der Waals surface area contributed by atoms with Crippen molar-refractivity contribution in [2.24, 2.45) is 0 Å². The molecule has 13 heteroatoms. The molecule has 0 radical (unpaired) electrons. The van der Waals surface area contributed by atoms with Crippen molar-refractivity contribution in [2.75, 3.05) is 30.3 Å².